The maximum absolute atomic E-state index is 3.42. The second-order valence-electron chi connectivity index (χ2n) is 4.66. The van der Waals surface area contributed by atoms with Crippen molar-refractivity contribution < 1.29 is 0 Å². The molecular weight excluding hydrogens is 192 g/mol. The third-order valence-electron chi connectivity index (χ3n) is 3.55. The van der Waals surface area contributed by atoms with Gasteiger partial charge in [-0.3, -0.25) is 4.90 Å². The van der Waals surface area contributed by atoms with Gasteiger partial charge in [0.05, 0.1) is 0 Å². The van der Waals surface area contributed by atoms with Crippen LogP contribution < -0.4 is 5.32 Å². The highest BCUT2D eigenvalue weighted by Crippen LogP contribution is 2.30. The third kappa shape index (κ3) is 2.44. The number of piperidine rings is 1. The fourth-order valence-electron chi connectivity index (χ4n) is 2.62. The molecule has 0 aromatic carbocycles. The van der Waals surface area contributed by atoms with E-state index in [1.165, 1.54) is 38.1 Å². The van der Waals surface area contributed by atoms with Gasteiger partial charge in [0.25, 0.3) is 0 Å². The number of hydrogen-bond donors (Lipinski definition) is 1. The van der Waals surface area contributed by atoms with Gasteiger partial charge in [0.2, 0.25) is 0 Å². The van der Waals surface area contributed by atoms with E-state index in [4.69, 9.17) is 0 Å². The zero-order chi connectivity index (χ0) is 9.97. The van der Waals surface area contributed by atoms with Crippen molar-refractivity contribution in [1.29, 1.82) is 0 Å². The van der Waals surface area contributed by atoms with Gasteiger partial charge < -0.3 is 5.32 Å². The van der Waals surface area contributed by atoms with Gasteiger partial charge in [-0.1, -0.05) is 6.92 Å². The molecule has 1 N–H and O–H groups in total. The van der Waals surface area contributed by atoms with Crippen molar-refractivity contribution in [2.24, 2.45) is 0 Å². The van der Waals surface area contributed by atoms with Gasteiger partial charge >= 0.3 is 0 Å². The summed E-state index contributed by atoms with van der Waals surface area (Å²) in [5.74, 6) is 1.36. The van der Waals surface area contributed by atoms with E-state index in [1.54, 1.807) is 0 Å². The molecule has 0 aliphatic carbocycles. The third-order valence-corrected chi connectivity index (χ3v) is 4.89. The first kappa shape index (κ1) is 10.8. The van der Waals surface area contributed by atoms with Crippen LogP contribution >= 0.6 is 11.8 Å². The number of rotatable bonds is 2. The quantitative estimate of drug-likeness (QED) is 0.751. The summed E-state index contributed by atoms with van der Waals surface area (Å²) in [6, 6.07) is 1.61. The van der Waals surface area contributed by atoms with Gasteiger partial charge in [0.1, 0.15) is 0 Å². The summed E-state index contributed by atoms with van der Waals surface area (Å²) in [4.78, 5) is 2.71. The van der Waals surface area contributed by atoms with Crippen LogP contribution in [0.5, 0.6) is 0 Å². The fourth-order valence-corrected chi connectivity index (χ4v) is 3.88. The smallest absolute Gasteiger partial charge is 0.0197 e. The van der Waals surface area contributed by atoms with E-state index < -0.39 is 0 Å². The maximum atomic E-state index is 3.42. The summed E-state index contributed by atoms with van der Waals surface area (Å²) in [5, 5.41) is 4.30. The van der Waals surface area contributed by atoms with E-state index in [0.717, 1.165) is 17.3 Å². The lowest BCUT2D eigenvalue weighted by atomic mass is 10.0. The van der Waals surface area contributed by atoms with E-state index in [-0.39, 0.29) is 0 Å². The highest BCUT2D eigenvalue weighted by atomic mass is 32.2. The summed E-state index contributed by atoms with van der Waals surface area (Å²) in [7, 11) is 2.10. The Kier molecular flexibility index (Phi) is 3.74. The molecule has 82 valence electrons. The minimum atomic E-state index is 0.740. The lowest BCUT2D eigenvalue weighted by molar-refractivity contribution is 0.149. The number of nitrogens with zero attached hydrogens (tertiary/aromatic N) is 1. The first-order chi connectivity index (χ1) is 6.79. The predicted molar refractivity (Wildman–Crippen MR) is 64.0 cm³/mol. The Morgan fingerprint density at radius 2 is 2.29 bits per heavy atom. The molecule has 2 heterocycles. The summed E-state index contributed by atoms with van der Waals surface area (Å²) < 4.78 is 0. The van der Waals surface area contributed by atoms with Crippen molar-refractivity contribution in [1.82, 2.24) is 10.2 Å². The summed E-state index contributed by atoms with van der Waals surface area (Å²) >= 11 is 2.15. The van der Waals surface area contributed by atoms with Gasteiger partial charge in [-0.2, -0.15) is 11.8 Å². The molecule has 0 bridgehead atoms. The average Bonchev–Trinajstić information content (AvgIpc) is 2.65. The van der Waals surface area contributed by atoms with Crippen molar-refractivity contribution in [3.63, 3.8) is 0 Å². The Morgan fingerprint density at radius 3 is 2.93 bits per heavy atom. The molecule has 0 spiro atoms. The Hall–Kier alpha value is 0.270. The molecule has 2 rings (SSSR count). The molecule has 2 aliphatic rings. The lowest BCUT2D eigenvalue weighted by Crippen LogP contribution is -2.48. The standard InChI is InChI=1S/C11H22N2S/c1-9-6-11(8-14-9)13-5-3-4-10(7-13)12-2/h9-12H,3-8H2,1-2H3. The highest BCUT2D eigenvalue weighted by molar-refractivity contribution is 8.00. The zero-order valence-electron chi connectivity index (χ0n) is 9.33. The molecule has 2 nitrogen and oxygen atoms in total. The van der Waals surface area contributed by atoms with E-state index in [9.17, 15) is 0 Å². The largest absolute Gasteiger partial charge is 0.316 e. The SMILES string of the molecule is CNC1CCCN(C2CSC(C)C2)C1. The number of nitrogens with one attached hydrogen (secondary N) is 1. The van der Waals surface area contributed by atoms with Crippen molar-refractivity contribution in [2.45, 2.75) is 43.5 Å². The molecule has 14 heavy (non-hydrogen) atoms. The average molecular weight is 214 g/mol. The van der Waals surface area contributed by atoms with Crippen molar-refractivity contribution in [3.8, 4) is 0 Å². The molecule has 0 radical (unpaired) electrons. The Labute approximate surface area is 91.8 Å². The van der Waals surface area contributed by atoms with Crippen molar-refractivity contribution in [3.05, 3.63) is 0 Å². The monoisotopic (exact) mass is 214 g/mol. The second-order valence-corrected chi connectivity index (χ2v) is 6.13. The van der Waals surface area contributed by atoms with Gasteiger partial charge in [-0.25, -0.2) is 0 Å². The second kappa shape index (κ2) is 4.86. The molecule has 3 unspecified atom stereocenters. The lowest BCUT2D eigenvalue weighted by Gasteiger charge is -2.36. The first-order valence-corrected chi connectivity index (χ1v) is 6.87. The molecule has 3 atom stereocenters. The topological polar surface area (TPSA) is 15.3 Å². The molecule has 2 saturated heterocycles. The number of thioether (sulfide) groups is 1. The molecule has 0 aromatic rings. The first-order valence-electron chi connectivity index (χ1n) is 5.82. The number of likely N-dealkylation sites (tertiary alicyclic amines) is 1. The van der Waals surface area contributed by atoms with Crippen LogP contribution in [0, 0.1) is 0 Å². The summed E-state index contributed by atoms with van der Waals surface area (Å²) in [6.45, 7) is 4.97. The Bertz CT molecular complexity index is 186. The Balaban J connectivity index is 1.84. The van der Waals surface area contributed by atoms with Crippen LogP contribution in [0.2, 0.25) is 0 Å². The normalized spacial score (nSPS) is 40.3. The van der Waals surface area contributed by atoms with Crippen molar-refractivity contribution in [2.75, 3.05) is 25.9 Å². The van der Waals surface area contributed by atoms with Gasteiger partial charge in [0.15, 0.2) is 0 Å². The van der Waals surface area contributed by atoms with Crippen LogP contribution in [0.3, 0.4) is 0 Å². The van der Waals surface area contributed by atoms with E-state index in [2.05, 4.69) is 35.9 Å². The fraction of sp³-hybridized carbons (Fsp3) is 1.00. The zero-order valence-corrected chi connectivity index (χ0v) is 10.1. The molecule has 2 fully saturated rings. The molecule has 3 heteroatoms. The van der Waals surface area contributed by atoms with Crippen LogP contribution in [0.4, 0.5) is 0 Å². The molecule has 0 saturated carbocycles. The van der Waals surface area contributed by atoms with Gasteiger partial charge in [0, 0.05) is 29.6 Å². The summed E-state index contributed by atoms with van der Waals surface area (Å²) in [6.07, 6.45) is 4.14. The van der Waals surface area contributed by atoms with Crippen molar-refractivity contribution >= 4 is 11.8 Å². The minimum Gasteiger partial charge on any atom is -0.316 e. The Morgan fingerprint density at radius 1 is 1.43 bits per heavy atom. The van der Waals surface area contributed by atoms with E-state index in [1.807, 2.05) is 0 Å². The van der Waals surface area contributed by atoms with E-state index >= 15 is 0 Å². The molecular formula is C11H22N2S. The van der Waals surface area contributed by atoms with Gasteiger partial charge in [-0.15, -0.1) is 0 Å². The minimum absolute atomic E-state index is 0.740. The molecule has 0 aromatic heterocycles. The molecule has 0 amide bonds. The summed E-state index contributed by atoms with van der Waals surface area (Å²) in [5.41, 5.74) is 0. The number of hydrogen-bond acceptors (Lipinski definition) is 3. The maximum Gasteiger partial charge on any atom is 0.0197 e. The van der Waals surface area contributed by atoms with Gasteiger partial charge in [-0.05, 0) is 32.9 Å². The van der Waals surface area contributed by atoms with Crippen LogP contribution in [-0.2, 0) is 0 Å². The molecule has 2 aliphatic heterocycles. The predicted octanol–water partition coefficient (Wildman–Crippen LogP) is 1.56. The highest BCUT2D eigenvalue weighted by Gasteiger charge is 2.30. The van der Waals surface area contributed by atoms with Crippen LogP contribution in [0.25, 0.3) is 0 Å². The number of likely N-dealkylation sites (N-methyl/N-ethyl adjacent to an activating group) is 1. The van der Waals surface area contributed by atoms with Crippen LogP contribution in [-0.4, -0.2) is 48.1 Å². The van der Waals surface area contributed by atoms with E-state index in [0.29, 0.717) is 0 Å². The van der Waals surface area contributed by atoms with Crippen LogP contribution in [0.15, 0.2) is 0 Å². The van der Waals surface area contributed by atoms with Crippen LogP contribution in [0.1, 0.15) is 26.2 Å².